The molecule has 1 aliphatic heterocycles. The summed E-state index contributed by atoms with van der Waals surface area (Å²) in [6.07, 6.45) is 2.12. The number of nitrogens with zero attached hydrogens (tertiary/aromatic N) is 1. The molecule has 0 saturated carbocycles. The van der Waals surface area contributed by atoms with Crippen molar-refractivity contribution < 1.29 is 19.5 Å². The first-order chi connectivity index (χ1) is 11.1. The number of carboxylic acids is 1. The minimum absolute atomic E-state index is 0.187. The molecule has 1 rings (SSSR count). The zero-order valence-corrected chi connectivity index (χ0v) is 15.1. The van der Waals surface area contributed by atoms with Gasteiger partial charge in [0.05, 0.1) is 6.04 Å². The van der Waals surface area contributed by atoms with Crippen molar-refractivity contribution in [3.8, 4) is 0 Å². The molecule has 1 fully saturated rings. The molecule has 24 heavy (non-hydrogen) atoms. The van der Waals surface area contributed by atoms with Crippen molar-refractivity contribution >= 4 is 17.8 Å². The molecule has 4 N–H and O–H groups in total. The summed E-state index contributed by atoms with van der Waals surface area (Å²) in [7, 11) is 0. The van der Waals surface area contributed by atoms with Crippen molar-refractivity contribution in [1.82, 2.24) is 10.2 Å². The zero-order chi connectivity index (χ0) is 18.4. The third-order valence-electron chi connectivity index (χ3n) is 4.20. The van der Waals surface area contributed by atoms with Crippen LogP contribution in [0.25, 0.3) is 0 Å². The predicted molar refractivity (Wildman–Crippen MR) is 91.2 cm³/mol. The molecule has 0 radical (unpaired) electrons. The quantitative estimate of drug-likeness (QED) is 0.609. The van der Waals surface area contributed by atoms with Gasteiger partial charge in [-0.3, -0.25) is 9.59 Å². The van der Waals surface area contributed by atoms with Crippen molar-refractivity contribution in [3.05, 3.63) is 0 Å². The molecule has 0 spiro atoms. The Morgan fingerprint density at radius 2 is 1.75 bits per heavy atom. The van der Waals surface area contributed by atoms with E-state index in [1.54, 1.807) is 0 Å². The van der Waals surface area contributed by atoms with Gasteiger partial charge in [-0.05, 0) is 37.5 Å². The number of carbonyl (C=O) groups excluding carboxylic acids is 2. The number of likely N-dealkylation sites (tertiary alicyclic amines) is 1. The number of aliphatic carboxylic acids is 1. The van der Waals surface area contributed by atoms with Crippen LogP contribution >= 0.6 is 0 Å². The predicted octanol–water partition coefficient (Wildman–Crippen LogP) is 0.966. The Bertz CT molecular complexity index is 465. The molecule has 138 valence electrons. The second kappa shape index (κ2) is 9.01. The highest BCUT2D eigenvalue weighted by atomic mass is 16.4. The summed E-state index contributed by atoms with van der Waals surface area (Å²) in [6, 6.07) is -2.19. The Balaban J connectivity index is 2.82. The molecule has 7 nitrogen and oxygen atoms in total. The fraction of sp³-hybridized carbons (Fsp3) is 0.824. The molecular weight excluding hydrogens is 310 g/mol. The van der Waals surface area contributed by atoms with Crippen LogP contribution in [0.3, 0.4) is 0 Å². The number of nitrogens with one attached hydrogen (secondary N) is 1. The van der Waals surface area contributed by atoms with E-state index in [9.17, 15) is 19.5 Å². The normalized spacial score (nSPS) is 20.3. The number of hydrogen-bond acceptors (Lipinski definition) is 4. The summed E-state index contributed by atoms with van der Waals surface area (Å²) >= 11 is 0. The van der Waals surface area contributed by atoms with Gasteiger partial charge in [-0.1, -0.05) is 27.7 Å². The lowest BCUT2D eigenvalue weighted by atomic mass is 10.00. The first-order valence-corrected chi connectivity index (χ1v) is 8.72. The van der Waals surface area contributed by atoms with Gasteiger partial charge in [0.1, 0.15) is 12.1 Å². The zero-order valence-electron chi connectivity index (χ0n) is 15.1. The van der Waals surface area contributed by atoms with Crippen LogP contribution in [-0.4, -0.2) is 52.5 Å². The number of amides is 2. The molecule has 0 aromatic heterocycles. The number of carboxylic acid groups (broad SMARTS) is 1. The Labute approximate surface area is 144 Å². The third-order valence-corrected chi connectivity index (χ3v) is 4.20. The Hall–Kier alpha value is -1.63. The van der Waals surface area contributed by atoms with Crippen LogP contribution in [0.2, 0.25) is 0 Å². The van der Waals surface area contributed by atoms with Gasteiger partial charge < -0.3 is 21.1 Å². The summed E-state index contributed by atoms with van der Waals surface area (Å²) in [5, 5.41) is 12.0. The van der Waals surface area contributed by atoms with E-state index in [1.165, 1.54) is 4.90 Å². The Kier molecular flexibility index (Phi) is 7.66. The number of carbonyl (C=O) groups is 3. The van der Waals surface area contributed by atoms with Crippen molar-refractivity contribution in [2.75, 3.05) is 6.54 Å². The average Bonchev–Trinajstić information content (AvgIpc) is 2.93. The summed E-state index contributed by atoms with van der Waals surface area (Å²) in [5.41, 5.74) is 5.90. The van der Waals surface area contributed by atoms with E-state index < -0.39 is 24.1 Å². The summed E-state index contributed by atoms with van der Waals surface area (Å²) in [4.78, 5) is 37.8. The minimum atomic E-state index is -0.994. The van der Waals surface area contributed by atoms with E-state index in [1.807, 2.05) is 27.7 Å². The Morgan fingerprint density at radius 3 is 2.25 bits per heavy atom. The van der Waals surface area contributed by atoms with Gasteiger partial charge in [0.15, 0.2) is 0 Å². The maximum Gasteiger partial charge on any atom is 0.326 e. The summed E-state index contributed by atoms with van der Waals surface area (Å²) in [5.74, 6) is -1.20. The first kappa shape index (κ1) is 20.4. The number of hydrogen-bond donors (Lipinski definition) is 3. The minimum Gasteiger partial charge on any atom is -0.480 e. The lowest BCUT2D eigenvalue weighted by Crippen LogP contribution is -2.55. The van der Waals surface area contributed by atoms with E-state index in [0.717, 1.165) is 0 Å². The first-order valence-electron chi connectivity index (χ1n) is 8.72. The topological polar surface area (TPSA) is 113 Å². The van der Waals surface area contributed by atoms with Crippen LogP contribution in [0.5, 0.6) is 0 Å². The highest BCUT2D eigenvalue weighted by Crippen LogP contribution is 2.20. The molecule has 7 heteroatoms. The van der Waals surface area contributed by atoms with Crippen molar-refractivity contribution in [3.63, 3.8) is 0 Å². The molecule has 0 aromatic rings. The molecule has 2 amide bonds. The smallest absolute Gasteiger partial charge is 0.326 e. The largest absolute Gasteiger partial charge is 0.480 e. The third kappa shape index (κ3) is 5.78. The van der Waals surface area contributed by atoms with Gasteiger partial charge >= 0.3 is 5.97 Å². The lowest BCUT2D eigenvalue weighted by Gasteiger charge is -2.29. The molecular formula is C17H31N3O4. The summed E-state index contributed by atoms with van der Waals surface area (Å²) in [6.45, 7) is 8.29. The standard InChI is InChI=1S/C17H31N3O4/c1-10(2)8-12(18)15(21)19-13(9-11(3)4)16(22)20-7-5-6-14(20)17(23)24/h10-14H,5-9,18H2,1-4H3,(H,19,21)(H,23,24). The van der Waals surface area contributed by atoms with Gasteiger partial charge in [-0.15, -0.1) is 0 Å². The highest BCUT2D eigenvalue weighted by molar-refractivity contribution is 5.92. The van der Waals surface area contributed by atoms with E-state index in [-0.39, 0.29) is 23.7 Å². The lowest BCUT2D eigenvalue weighted by molar-refractivity contribution is -0.149. The van der Waals surface area contributed by atoms with Crippen LogP contribution in [-0.2, 0) is 14.4 Å². The monoisotopic (exact) mass is 341 g/mol. The van der Waals surface area contributed by atoms with Crippen LogP contribution in [0.4, 0.5) is 0 Å². The van der Waals surface area contributed by atoms with E-state index >= 15 is 0 Å². The SMILES string of the molecule is CC(C)CC(N)C(=O)NC(CC(C)C)C(=O)N1CCCC1C(=O)O. The van der Waals surface area contributed by atoms with Crippen molar-refractivity contribution in [1.29, 1.82) is 0 Å². The maximum atomic E-state index is 12.8. The maximum absolute atomic E-state index is 12.8. The molecule has 1 saturated heterocycles. The molecule has 1 heterocycles. The Morgan fingerprint density at radius 1 is 1.17 bits per heavy atom. The highest BCUT2D eigenvalue weighted by Gasteiger charge is 2.38. The molecule has 0 aliphatic carbocycles. The van der Waals surface area contributed by atoms with E-state index in [2.05, 4.69) is 5.32 Å². The summed E-state index contributed by atoms with van der Waals surface area (Å²) < 4.78 is 0. The molecule has 3 unspecified atom stereocenters. The number of nitrogens with two attached hydrogens (primary N) is 1. The van der Waals surface area contributed by atoms with Gasteiger partial charge in [-0.25, -0.2) is 4.79 Å². The van der Waals surface area contributed by atoms with Gasteiger partial charge in [0.2, 0.25) is 11.8 Å². The van der Waals surface area contributed by atoms with E-state index in [0.29, 0.717) is 32.2 Å². The van der Waals surface area contributed by atoms with E-state index in [4.69, 9.17) is 5.73 Å². The second-order valence-electron chi connectivity index (χ2n) is 7.45. The molecule has 3 atom stereocenters. The fourth-order valence-corrected chi connectivity index (χ4v) is 3.07. The van der Waals surface area contributed by atoms with Crippen molar-refractivity contribution in [2.24, 2.45) is 17.6 Å². The van der Waals surface area contributed by atoms with Crippen LogP contribution < -0.4 is 11.1 Å². The van der Waals surface area contributed by atoms with Gasteiger partial charge in [-0.2, -0.15) is 0 Å². The van der Waals surface area contributed by atoms with Crippen LogP contribution in [0.1, 0.15) is 53.4 Å². The van der Waals surface area contributed by atoms with Gasteiger partial charge in [0.25, 0.3) is 0 Å². The molecule has 0 bridgehead atoms. The second-order valence-corrected chi connectivity index (χ2v) is 7.45. The van der Waals surface area contributed by atoms with Gasteiger partial charge in [0, 0.05) is 6.54 Å². The van der Waals surface area contributed by atoms with Crippen molar-refractivity contribution in [2.45, 2.75) is 71.5 Å². The average molecular weight is 341 g/mol. The fourth-order valence-electron chi connectivity index (χ4n) is 3.07. The molecule has 1 aliphatic rings. The number of rotatable bonds is 8. The molecule has 0 aromatic carbocycles. The van der Waals surface area contributed by atoms with Crippen LogP contribution in [0.15, 0.2) is 0 Å². The van der Waals surface area contributed by atoms with Crippen LogP contribution in [0, 0.1) is 11.8 Å².